The molecule has 1 saturated heterocycles. The van der Waals surface area contributed by atoms with Gasteiger partial charge >= 0.3 is 5.97 Å². The molecule has 2 rings (SSSR count). The van der Waals surface area contributed by atoms with Gasteiger partial charge in [-0.05, 0) is 25.8 Å². The minimum absolute atomic E-state index is 0.281. The van der Waals surface area contributed by atoms with Gasteiger partial charge in [-0.3, -0.25) is 9.59 Å². The van der Waals surface area contributed by atoms with Gasteiger partial charge in [-0.1, -0.05) is 30.3 Å². The lowest BCUT2D eigenvalue weighted by Gasteiger charge is -2.31. The van der Waals surface area contributed by atoms with Crippen molar-refractivity contribution in [2.45, 2.75) is 32.4 Å². The molecular weight excluding hydrogens is 230 g/mol. The molecule has 1 N–H and O–H groups in total. The van der Waals surface area contributed by atoms with Gasteiger partial charge in [-0.2, -0.15) is 0 Å². The zero-order chi connectivity index (χ0) is 13.3. The molecule has 4 heteroatoms. The molecule has 1 atom stereocenters. The third-order valence-electron chi connectivity index (χ3n) is 3.48. The fraction of sp³-hybridized carbons (Fsp3) is 0.429. The summed E-state index contributed by atoms with van der Waals surface area (Å²) in [5, 5.41) is 9.05. The van der Waals surface area contributed by atoms with Crippen LogP contribution in [0.1, 0.15) is 25.8 Å². The average molecular weight is 247 g/mol. The standard InChI is InChI=1S/C14H17NO3/c1-14(2)8-11(13(17)18)12(16)15(14)9-10-6-4-3-5-7-10/h3-7,11H,8-9H2,1-2H3,(H,17,18). The SMILES string of the molecule is CC1(C)CC(C(=O)O)C(=O)N1Cc1ccccc1. The number of carboxylic acid groups (broad SMARTS) is 1. The molecule has 1 amide bonds. The molecule has 1 aromatic rings. The Labute approximate surface area is 106 Å². The Morgan fingerprint density at radius 1 is 1.39 bits per heavy atom. The molecule has 1 aliphatic heterocycles. The van der Waals surface area contributed by atoms with Gasteiger partial charge in [0.15, 0.2) is 0 Å². The Kier molecular flexibility index (Phi) is 3.11. The molecule has 18 heavy (non-hydrogen) atoms. The van der Waals surface area contributed by atoms with Crippen molar-refractivity contribution >= 4 is 11.9 Å². The monoisotopic (exact) mass is 247 g/mol. The van der Waals surface area contributed by atoms with E-state index in [9.17, 15) is 9.59 Å². The topological polar surface area (TPSA) is 57.6 Å². The molecule has 0 bridgehead atoms. The van der Waals surface area contributed by atoms with Crippen molar-refractivity contribution in [3.63, 3.8) is 0 Å². The lowest BCUT2D eigenvalue weighted by molar-refractivity contribution is -0.148. The Hall–Kier alpha value is -1.84. The molecule has 1 unspecified atom stereocenters. The third-order valence-corrected chi connectivity index (χ3v) is 3.48. The van der Waals surface area contributed by atoms with Crippen LogP contribution in [0.2, 0.25) is 0 Å². The number of hydrogen-bond donors (Lipinski definition) is 1. The Balaban J connectivity index is 2.22. The van der Waals surface area contributed by atoms with E-state index in [0.717, 1.165) is 5.56 Å². The quantitative estimate of drug-likeness (QED) is 0.830. The van der Waals surface area contributed by atoms with Crippen LogP contribution in [0.5, 0.6) is 0 Å². The predicted octanol–water partition coefficient (Wildman–Crippen LogP) is 1.90. The van der Waals surface area contributed by atoms with Crippen LogP contribution < -0.4 is 0 Å². The van der Waals surface area contributed by atoms with Crippen LogP contribution in [0, 0.1) is 5.92 Å². The zero-order valence-electron chi connectivity index (χ0n) is 10.6. The van der Waals surface area contributed by atoms with Crippen LogP contribution in [-0.2, 0) is 16.1 Å². The summed E-state index contributed by atoms with van der Waals surface area (Å²) in [5.41, 5.74) is 0.612. The van der Waals surface area contributed by atoms with Crippen molar-refractivity contribution in [1.29, 1.82) is 0 Å². The van der Waals surface area contributed by atoms with E-state index >= 15 is 0 Å². The van der Waals surface area contributed by atoms with Gasteiger partial charge in [-0.25, -0.2) is 0 Å². The van der Waals surface area contributed by atoms with Crippen molar-refractivity contribution < 1.29 is 14.7 Å². The smallest absolute Gasteiger partial charge is 0.316 e. The van der Waals surface area contributed by atoms with Crippen molar-refractivity contribution in [3.8, 4) is 0 Å². The van der Waals surface area contributed by atoms with Gasteiger partial charge in [0.2, 0.25) is 5.91 Å². The number of likely N-dealkylation sites (tertiary alicyclic amines) is 1. The number of rotatable bonds is 3. The van der Waals surface area contributed by atoms with Gasteiger partial charge in [-0.15, -0.1) is 0 Å². The molecule has 1 aliphatic rings. The first-order valence-electron chi connectivity index (χ1n) is 6.00. The molecule has 0 saturated carbocycles. The highest BCUT2D eigenvalue weighted by molar-refractivity contribution is 5.99. The minimum atomic E-state index is -1.02. The number of aliphatic carboxylic acids is 1. The number of hydrogen-bond acceptors (Lipinski definition) is 2. The van der Waals surface area contributed by atoms with Gasteiger partial charge < -0.3 is 10.0 Å². The van der Waals surface area contributed by atoms with Crippen molar-refractivity contribution in [1.82, 2.24) is 4.90 Å². The van der Waals surface area contributed by atoms with Crippen LogP contribution in [0.3, 0.4) is 0 Å². The Bertz CT molecular complexity index is 467. The first kappa shape index (κ1) is 12.6. The summed E-state index contributed by atoms with van der Waals surface area (Å²) in [6.45, 7) is 4.30. The van der Waals surface area contributed by atoms with E-state index in [1.54, 1.807) is 4.90 Å². The maximum absolute atomic E-state index is 12.1. The van der Waals surface area contributed by atoms with E-state index in [4.69, 9.17) is 5.11 Å². The van der Waals surface area contributed by atoms with Crippen molar-refractivity contribution in [3.05, 3.63) is 35.9 Å². The first-order chi connectivity index (χ1) is 8.42. The molecule has 0 radical (unpaired) electrons. The number of carbonyl (C=O) groups is 2. The van der Waals surface area contributed by atoms with Gasteiger partial charge in [0, 0.05) is 12.1 Å². The van der Waals surface area contributed by atoms with E-state index in [0.29, 0.717) is 13.0 Å². The van der Waals surface area contributed by atoms with Crippen molar-refractivity contribution in [2.24, 2.45) is 5.92 Å². The summed E-state index contributed by atoms with van der Waals surface area (Å²) >= 11 is 0. The minimum Gasteiger partial charge on any atom is -0.481 e. The van der Waals surface area contributed by atoms with Crippen LogP contribution >= 0.6 is 0 Å². The molecule has 1 aromatic carbocycles. The maximum Gasteiger partial charge on any atom is 0.316 e. The number of nitrogens with zero attached hydrogens (tertiary/aromatic N) is 1. The van der Waals surface area contributed by atoms with E-state index in [2.05, 4.69) is 0 Å². The highest BCUT2D eigenvalue weighted by atomic mass is 16.4. The first-order valence-corrected chi connectivity index (χ1v) is 6.00. The molecule has 4 nitrogen and oxygen atoms in total. The fourth-order valence-electron chi connectivity index (χ4n) is 2.43. The highest BCUT2D eigenvalue weighted by Crippen LogP contribution is 2.35. The average Bonchev–Trinajstić information content (AvgIpc) is 2.54. The molecule has 1 heterocycles. The summed E-state index contributed by atoms with van der Waals surface area (Å²) in [6.07, 6.45) is 0.369. The molecule has 0 spiro atoms. The number of amides is 1. The largest absolute Gasteiger partial charge is 0.481 e. The Morgan fingerprint density at radius 2 is 2.00 bits per heavy atom. The number of carboxylic acids is 1. The van der Waals surface area contributed by atoms with Crippen LogP contribution in [0.15, 0.2) is 30.3 Å². The van der Waals surface area contributed by atoms with E-state index in [1.165, 1.54) is 0 Å². The Morgan fingerprint density at radius 3 is 2.50 bits per heavy atom. The van der Waals surface area contributed by atoms with E-state index in [1.807, 2.05) is 44.2 Å². The van der Waals surface area contributed by atoms with Crippen molar-refractivity contribution in [2.75, 3.05) is 0 Å². The lowest BCUT2D eigenvalue weighted by atomic mass is 9.96. The molecule has 0 aromatic heterocycles. The molecule has 1 fully saturated rings. The lowest BCUT2D eigenvalue weighted by Crippen LogP contribution is -2.40. The highest BCUT2D eigenvalue weighted by Gasteiger charge is 2.47. The molecule has 0 aliphatic carbocycles. The second-order valence-corrected chi connectivity index (χ2v) is 5.32. The summed E-state index contributed by atoms with van der Waals surface area (Å²) < 4.78 is 0. The summed E-state index contributed by atoms with van der Waals surface area (Å²) in [7, 11) is 0. The second-order valence-electron chi connectivity index (χ2n) is 5.32. The van der Waals surface area contributed by atoms with E-state index < -0.39 is 17.4 Å². The summed E-state index contributed by atoms with van der Waals surface area (Å²) in [5.74, 6) is -2.20. The van der Waals surface area contributed by atoms with Crippen LogP contribution in [0.4, 0.5) is 0 Å². The second kappa shape index (κ2) is 4.44. The summed E-state index contributed by atoms with van der Waals surface area (Å²) in [4.78, 5) is 24.8. The molecular formula is C14H17NO3. The normalized spacial score (nSPS) is 22.2. The van der Waals surface area contributed by atoms with Gasteiger partial charge in [0.25, 0.3) is 0 Å². The maximum atomic E-state index is 12.1. The summed E-state index contributed by atoms with van der Waals surface area (Å²) in [6, 6.07) is 9.63. The zero-order valence-corrected chi connectivity index (χ0v) is 10.6. The fourth-order valence-corrected chi connectivity index (χ4v) is 2.43. The van der Waals surface area contributed by atoms with Crippen LogP contribution in [0.25, 0.3) is 0 Å². The predicted molar refractivity (Wildman–Crippen MR) is 66.8 cm³/mol. The van der Waals surface area contributed by atoms with Crippen LogP contribution in [-0.4, -0.2) is 27.4 Å². The van der Waals surface area contributed by atoms with Gasteiger partial charge in [0.1, 0.15) is 5.92 Å². The van der Waals surface area contributed by atoms with E-state index in [-0.39, 0.29) is 5.91 Å². The molecule has 96 valence electrons. The third kappa shape index (κ3) is 2.23. The number of benzene rings is 1. The number of carbonyl (C=O) groups excluding carboxylic acids is 1. The van der Waals surface area contributed by atoms with Gasteiger partial charge in [0.05, 0.1) is 0 Å².